The lowest BCUT2D eigenvalue weighted by Gasteiger charge is -2.22. The number of methoxy groups -OCH3 is 1. The van der Waals surface area contributed by atoms with Crippen molar-refractivity contribution in [3.8, 4) is 0 Å². The zero-order chi connectivity index (χ0) is 11.1. The van der Waals surface area contributed by atoms with E-state index in [0.717, 1.165) is 5.57 Å². The fourth-order valence-electron chi connectivity index (χ4n) is 1.27. The van der Waals surface area contributed by atoms with Crippen LogP contribution in [0.5, 0.6) is 0 Å². The topological polar surface area (TPSA) is 49.7 Å². The van der Waals surface area contributed by atoms with Gasteiger partial charge in [-0.1, -0.05) is 24.6 Å². The Bertz CT molecular complexity index is 199. The molecule has 0 rings (SSSR count). The van der Waals surface area contributed by atoms with Gasteiger partial charge in [-0.3, -0.25) is 0 Å². The third-order valence-electron chi connectivity index (χ3n) is 2.18. The van der Waals surface area contributed by atoms with Crippen LogP contribution in [-0.4, -0.2) is 36.1 Å². The van der Waals surface area contributed by atoms with E-state index < -0.39 is 6.10 Å². The van der Waals surface area contributed by atoms with Crippen LogP contribution in [0.4, 0.5) is 0 Å². The van der Waals surface area contributed by atoms with Crippen molar-refractivity contribution in [3.63, 3.8) is 0 Å². The van der Waals surface area contributed by atoms with Crippen LogP contribution in [0.1, 0.15) is 13.8 Å². The van der Waals surface area contributed by atoms with Gasteiger partial charge in [0.2, 0.25) is 0 Å². The van der Waals surface area contributed by atoms with E-state index in [9.17, 15) is 5.11 Å². The number of aliphatic hydroxyl groups is 2. The summed E-state index contributed by atoms with van der Waals surface area (Å²) in [6.45, 7) is 7.29. The fraction of sp³-hybridized carbons (Fsp3) is 0.636. The third-order valence-corrected chi connectivity index (χ3v) is 2.18. The van der Waals surface area contributed by atoms with Gasteiger partial charge < -0.3 is 14.9 Å². The van der Waals surface area contributed by atoms with Crippen molar-refractivity contribution in [3.05, 3.63) is 24.3 Å². The summed E-state index contributed by atoms with van der Waals surface area (Å²) in [6.07, 6.45) is 2.41. The van der Waals surface area contributed by atoms with Crippen molar-refractivity contribution in [1.82, 2.24) is 0 Å². The molecule has 0 saturated carbocycles. The van der Waals surface area contributed by atoms with E-state index in [1.807, 2.05) is 19.9 Å². The highest BCUT2D eigenvalue weighted by molar-refractivity contribution is 5.04. The Hall–Kier alpha value is -0.640. The molecule has 0 aromatic carbocycles. The Morgan fingerprint density at radius 3 is 2.50 bits per heavy atom. The molecule has 0 radical (unpaired) electrons. The normalized spacial score (nSPS) is 18.8. The molecule has 14 heavy (non-hydrogen) atoms. The molecule has 0 spiro atoms. The highest BCUT2D eigenvalue weighted by Crippen LogP contribution is 2.13. The molecule has 0 unspecified atom stereocenters. The van der Waals surface area contributed by atoms with Crippen molar-refractivity contribution in [2.24, 2.45) is 5.92 Å². The molecule has 0 aromatic heterocycles. The molecule has 0 aliphatic heterocycles. The maximum absolute atomic E-state index is 9.80. The number of ether oxygens (including phenoxy) is 1. The van der Waals surface area contributed by atoms with E-state index in [1.54, 1.807) is 6.08 Å². The second-order valence-corrected chi connectivity index (χ2v) is 3.46. The van der Waals surface area contributed by atoms with Gasteiger partial charge in [-0.15, -0.1) is 6.58 Å². The van der Waals surface area contributed by atoms with Crippen molar-refractivity contribution < 1.29 is 14.9 Å². The molecule has 0 aliphatic carbocycles. The van der Waals surface area contributed by atoms with Gasteiger partial charge >= 0.3 is 0 Å². The third kappa shape index (κ3) is 4.05. The lowest BCUT2D eigenvalue weighted by molar-refractivity contribution is -0.00161. The minimum atomic E-state index is -0.626. The van der Waals surface area contributed by atoms with Gasteiger partial charge in [0.15, 0.2) is 0 Å². The summed E-state index contributed by atoms with van der Waals surface area (Å²) in [5.41, 5.74) is 0.843. The second-order valence-electron chi connectivity index (χ2n) is 3.46. The molecule has 0 heterocycles. The summed E-state index contributed by atoms with van der Waals surface area (Å²) in [5, 5.41) is 18.6. The molecule has 0 aromatic rings. The predicted octanol–water partition coefficient (Wildman–Crippen LogP) is 1.12. The van der Waals surface area contributed by atoms with Crippen molar-refractivity contribution in [2.75, 3.05) is 13.7 Å². The number of rotatable bonds is 6. The van der Waals surface area contributed by atoms with Gasteiger partial charge in [-0.2, -0.15) is 0 Å². The fourth-order valence-corrected chi connectivity index (χ4v) is 1.27. The van der Waals surface area contributed by atoms with E-state index in [1.165, 1.54) is 7.11 Å². The van der Waals surface area contributed by atoms with Crippen LogP contribution in [0.3, 0.4) is 0 Å². The molecule has 3 atom stereocenters. The summed E-state index contributed by atoms with van der Waals surface area (Å²) < 4.78 is 5.04. The van der Waals surface area contributed by atoms with Gasteiger partial charge in [-0.25, -0.2) is 0 Å². The molecule has 3 heteroatoms. The Morgan fingerprint density at radius 1 is 1.57 bits per heavy atom. The minimum Gasteiger partial charge on any atom is -0.392 e. The maximum Gasteiger partial charge on any atom is 0.101 e. The van der Waals surface area contributed by atoms with Gasteiger partial charge in [0, 0.05) is 13.0 Å². The average Bonchev–Trinajstić information content (AvgIpc) is 2.19. The number of hydrogen-bond donors (Lipinski definition) is 2. The molecular formula is C11H20O3. The maximum atomic E-state index is 9.80. The summed E-state index contributed by atoms with van der Waals surface area (Å²) in [5.74, 6) is -0.0647. The van der Waals surface area contributed by atoms with Crippen LogP contribution < -0.4 is 0 Å². The monoisotopic (exact) mass is 200 g/mol. The molecular weight excluding hydrogens is 180 g/mol. The first-order valence-corrected chi connectivity index (χ1v) is 4.68. The highest BCUT2D eigenvalue weighted by atomic mass is 16.5. The number of aliphatic hydroxyl groups excluding tert-OH is 2. The molecule has 0 fully saturated rings. The van der Waals surface area contributed by atoms with Crippen LogP contribution >= 0.6 is 0 Å². The summed E-state index contributed by atoms with van der Waals surface area (Å²) in [4.78, 5) is 0. The lowest BCUT2D eigenvalue weighted by atomic mass is 9.97. The molecule has 3 nitrogen and oxygen atoms in total. The molecule has 0 amide bonds. The lowest BCUT2D eigenvalue weighted by Crippen LogP contribution is -2.31. The van der Waals surface area contributed by atoms with E-state index in [-0.39, 0.29) is 18.6 Å². The molecule has 2 N–H and O–H groups in total. The Kier molecular flexibility index (Phi) is 6.45. The van der Waals surface area contributed by atoms with Gasteiger partial charge in [0.25, 0.3) is 0 Å². The number of hydrogen-bond acceptors (Lipinski definition) is 3. The highest BCUT2D eigenvalue weighted by Gasteiger charge is 2.20. The largest absolute Gasteiger partial charge is 0.392 e. The van der Waals surface area contributed by atoms with Gasteiger partial charge in [0.1, 0.15) is 6.10 Å². The standard InChI is InChI=1S/C11H20O3/c1-5-10(14-4)11(13)9(3)6-8(2)7-12/h5-6,9-13H,1,7H2,2-4H3/b8-6-/t9-,10+,11+/m1/s1. The van der Waals surface area contributed by atoms with E-state index >= 15 is 0 Å². The Labute approximate surface area is 85.7 Å². The van der Waals surface area contributed by atoms with E-state index in [4.69, 9.17) is 9.84 Å². The second kappa shape index (κ2) is 6.76. The van der Waals surface area contributed by atoms with Crippen LogP contribution in [0.15, 0.2) is 24.3 Å². The smallest absolute Gasteiger partial charge is 0.101 e. The average molecular weight is 200 g/mol. The predicted molar refractivity (Wildman–Crippen MR) is 57.0 cm³/mol. The van der Waals surface area contributed by atoms with Gasteiger partial charge in [0.05, 0.1) is 12.7 Å². The summed E-state index contributed by atoms with van der Waals surface area (Å²) >= 11 is 0. The van der Waals surface area contributed by atoms with Crippen LogP contribution in [0, 0.1) is 5.92 Å². The van der Waals surface area contributed by atoms with Gasteiger partial charge in [-0.05, 0) is 6.92 Å². The summed E-state index contributed by atoms with van der Waals surface area (Å²) in [7, 11) is 1.53. The minimum absolute atomic E-state index is 0.0167. The van der Waals surface area contributed by atoms with Crippen molar-refractivity contribution in [2.45, 2.75) is 26.1 Å². The van der Waals surface area contributed by atoms with Crippen LogP contribution in [0.2, 0.25) is 0 Å². The molecule has 0 aliphatic rings. The zero-order valence-corrected chi connectivity index (χ0v) is 9.10. The molecule has 82 valence electrons. The van der Waals surface area contributed by atoms with E-state index in [2.05, 4.69) is 6.58 Å². The zero-order valence-electron chi connectivity index (χ0n) is 9.10. The van der Waals surface area contributed by atoms with Crippen molar-refractivity contribution >= 4 is 0 Å². The van der Waals surface area contributed by atoms with Crippen LogP contribution in [0.25, 0.3) is 0 Å². The van der Waals surface area contributed by atoms with E-state index in [0.29, 0.717) is 0 Å². The summed E-state index contributed by atoms with van der Waals surface area (Å²) in [6, 6.07) is 0. The Morgan fingerprint density at radius 2 is 2.14 bits per heavy atom. The first-order chi connectivity index (χ1) is 6.56. The van der Waals surface area contributed by atoms with Crippen LogP contribution in [-0.2, 0) is 4.74 Å². The molecule has 0 bridgehead atoms. The SMILES string of the molecule is C=C[C@H](OC)[C@@H](O)[C@H](C)/C=C(/C)CO. The van der Waals surface area contributed by atoms with Crippen molar-refractivity contribution in [1.29, 1.82) is 0 Å². The first kappa shape index (κ1) is 13.4. The Balaban J connectivity index is 4.36. The quantitative estimate of drug-likeness (QED) is 0.632. The first-order valence-electron chi connectivity index (χ1n) is 4.68. The molecule has 0 saturated heterocycles.